The van der Waals surface area contributed by atoms with Crippen LogP contribution in [-0.4, -0.2) is 15.3 Å². The Morgan fingerprint density at radius 2 is 2.20 bits per heavy atom. The molecule has 0 bridgehead atoms. The van der Waals surface area contributed by atoms with Crippen LogP contribution in [0.25, 0.3) is 0 Å². The number of aliphatic hydroxyl groups excluding tert-OH is 1. The molecule has 0 spiro atoms. The molecule has 1 aromatic carbocycles. The van der Waals surface area contributed by atoms with Crippen molar-refractivity contribution in [2.24, 2.45) is 0 Å². The maximum absolute atomic E-state index is 10.5. The highest BCUT2D eigenvalue weighted by Gasteiger charge is 2.11. The van der Waals surface area contributed by atoms with Gasteiger partial charge in [0.2, 0.25) is 0 Å². The zero-order valence-electron chi connectivity index (χ0n) is 8.64. The van der Waals surface area contributed by atoms with Gasteiger partial charge in [-0.3, -0.25) is 10.1 Å². The van der Waals surface area contributed by atoms with Gasteiger partial charge in [-0.15, -0.1) is 11.8 Å². The average molecular weight is 227 g/mol. The molecule has 5 heteroatoms. The summed E-state index contributed by atoms with van der Waals surface area (Å²) in [6, 6.07) is 4.57. The van der Waals surface area contributed by atoms with Crippen LogP contribution >= 0.6 is 11.8 Å². The molecule has 0 radical (unpaired) electrons. The predicted molar refractivity (Wildman–Crippen MR) is 60.0 cm³/mol. The summed E-state index contributed by atoms with van der Waals surface area (Å²) in [6.45, 7) is 3.90. The lowest BCUT2D eigenvalue weighted by molar-refractivity contribution is -0.385. The van der Waals surface area contributed by atoms with Crippen LogP contribution in [0.1, 0.15) is 19.4 Å². The van der Waals surface area contributed by atoms with Crippen molar-refractivity contribution >= 4 is 17.4 Å². The smallest absolute Gasteiger partial charge is 0.269 e. The molecule has 0 atom stereocenters. The summed E-state index contributed by atoms with van der Waals surface area (Å²) in [5.41, 5.74) is 0.634. The Morgan fingerprint density at radius 3 is 2.67 bits per heavy atom. The van der Waals surface area contributed by atoms with E-state index in [0.29, 0.717) is 10.8 Å². The third-order valence-corrected chi connectivity index (χ3v) is 2.91. The first-order chi connectivity index (χ1) is 7.04. The number of nitro groups is 1. The first-order valence-electron chi connectivity index (χ1n) is 4.59. The second kappa shape index (κ2) is 5.14. The minimum atomic E-state index is -0.455. The number of hydrogen-bond donors (Lipinski definition) is 1. The van der Waals surface area contributed by atoms with Crippen molar-refractivity contribution in [1.29, 1.82) is 0 Å². The SMILES string of the molecule is CC(C)Sc1ccc([N+](=O)[O-])cc1CO. The summed E-state index contributed by atoms with van der Waals surface area (Å²) in [4.78, 5) is 11.0. The van der Waals surface area contributed by atoms with Crippen LogP contribution in [0.3, 0.4) is 0 Å². The summed E-state index contributed by atoms with van der Waals surface area (Å²) in [5.74, 6) is 0. The van der Waals surface area contributed by atoms with Crippen molar-refractivity contribution < 1.29 is 10.0 Å². The standard InChI is InChI=1S/C10H13NO3S/c1-7(2)15-10-4-3-9(11(13)14)5-8(10)6-12/h3-5,7,12H,6H2,1-2H3. The molecule has 0 saturated carbocycles. The third-order valence-electron chi connectivity index (χ3n) is 1.79. The zero-order valence-corrected chi connectivity index (χ0v) is 9.45. The van der Waals surface area contributed by atoms with Gasteiger partial charge in [0.25, 0.3) is 5.69 Å². The van der Waals surface area contributed by atoms with E-state index < -0.39 is 4.92 Å². The molecule has 1 aromatic rings. The van der Waals surface area contributed by atoms with E-state index in [2.05, 4.69) is 0 Å². The second-order valence-electron chi connectivity index (χ2n) is 3.37. The number of nitrogens with zero attached hydrogens (tertiary/aromatic N) is 1. The molecule has 0 heterocycles. The first-order valence-corrected chi connectivity index (χ1v) is 5.47. The van der Waals surface area contributed by atoms with E-state index in [1.165, 1.54) is 12.1 Å². The lowest BCUT2D eigenvalue weighted by atomic mass is 10.2. The normalized spacial score (nSPS) is 10.7. The summed E-state index contributed by atoms with van der Waals surface area (Å²) in [7, 11) is 0. The highest BCUT2D eigenvalue weighted by atomic mass is 32.2. The maximum atomic E-state index is 10.5. The lowest BCUT2D eigenvalue weighted by Gasteiger charge is -2.08. The van der Waals surface area contributed by atoms with Gasteiger partial charge in [-0.1, -0.05) is 13.8 Å². The molecule has 0 unspecified atom stereocenters. The molecular weight excluding hydrogens is 214 g/mol. The molecule has 0 aromatic heterocycles. The van der Waals surface area contributed by atoms with Crippen LogP contribution in [0.15, 0.2) is 23.1 Å². The van der Waals surface area contributed by atoms with E-state index in [-0.39, 0.29) is 12.3 Å². The molecule has 0 saturated heterocycles. The van der Waals surface area contributed by atoms with Crippen LogP contribution in [0.5, 0.6) is 0 Å². The lowest BCUT2D eigenvalue weighted by Crippen LogP contribution is -1.95. The Kier molecular flexibility index (Phi) is 4.11. The van der Waals surface area contributed by atoms with E-state index in [4.69, 9.17) is 5.11 Å². The van der Waals surface area contributed by atoms with Crippen molar-refractivity contribution in [3.05, 3.63) is 33.9 Å². The van der Waals surface area contributed by atoms with Gasteiger partial charge in [-0.05, 0) is 11.6 Å². The van der Waals surface area contributed by atoms with Crippen LogP contribution in [0.4, 0.5) is 5.69 Å². The second-order valence-corrected chi connectivity index (χ2v) is 4.99. The number of non-ortho nitro benzene ring substituents is 1. The first kappa shape index (κ1) is 12.0. The molecule has 0 amide bonds. The summed E-state index contributed by atoms with van der Waals surface area (Å²) in [6.07, 6.45) is 0. The maximum Gasteiger partial charge on any atom is 0.269 e. The monoisotopic (exact) mass is 227 g/mol. The Hall–Kier alpha value is -1.07. The summed E-state index contributed by atoms with van der Waals surface area (Å²) >= 11 is 1.59. The fourth-order valence-electron chi connectivity index (χ4n) is 1.17. The summed E-state index contributed by atoms with van der Waals surface area (Å²) in [5, 5.41) is 20.0. The van der Waals surface area contributed by atoms with Crippen LogP contribution < -0.4 is 0 Å². The minimum absolute atomic E-state index is 0.0205. The topological polar surface area (TPSA) is 63.4 Å². The van der Waals surface area contributed by atoms with Gasteiger partial charge in [-0.2, -0.15) is 0 Å². The highest BCUT2D eigenvalue weighted by molar-refractivity contribution is 8.00. The fourth-order valence-corrected chi connectivity index (χ4v) is 2.10. The number of aliphatic hydroxyl groups is 1. The Bertz CT molecular complexity index is 366. The molecule has 0 aliphatic heterocycles. The Morgan fingerprint density at radius 1 is 1.53 bits per heavy atom. The molecule has 0 aliphatic carbocycles. The molecule has 4 nitrogen and oxygen atoms in total. The molecular formula is C10H13NO3S. The Balaban J connectivity index is 3.03. The molecule has 0 fully saturated rings. The van der Waals surface area contributed by atoms with Gasteiger partial charge in [-0.25, -0.2) is 0 Å². The molecule has 82 valence electrons. The van der Waals surface area contributed by atoms with Crippen molar-refractivity contribution in [2.45, 2.75) is 30.6 Å². The number of thioether (sulfide) groups is 1. The van der Waals surface area contributed by atoms with Crippen LogP contribution in [0.2, 0.25) is 0 Å². The number of rotatable bonds is 4. The quantitative estimate of drug-likeness (QED) is 0.488. The third kappa shape index (κ3) is 3.21. The molecule has 1 N–H and O–H groups in total. The number of hydrogen-bond acceptors (Lipinski definition) is 4. The minimum Gasteiger partial charge on any atom is -0.392 e. The highest BCUT2D eigenvalue weighted by Crippen LogP contribution is 2.29. The van der Waals surface area contributed by atoms with Crippen molar-refractivity contribution in [3.8, 4) is 0 Å². The zero-order chi connectivity index (χ0) is 11.4. The average Bonchev–Trinajstić information content (AvgIpc) is 2.17. The Labute approximate surface area is 92.5 Å². The molecule has 0 aliphatic rings. The summed E-state index contributed by atoms with van der Waals surface area (Å²) < 4.78 is 0. The van der Waals surface area contributed by atoms with Gasteiger partial charge < -0.3 is 5.11 Å². The van der Waals surface area contributed by atoms with Crippen molar-refractivity contribution in [2.75, 3.05) is 0 Å². The van der Waals surface area contributed by atoms with E-state index in [1.54, 1.807) is 17.8 Å². The van der Waals surface area contributed by atoms with Gasteiger partial charge in [0.05, 0.1) is 11.5 Å². The van der Waals surface area contributed by atoms with E-state index in [1.807, 2.05) is 13.8 Å². The van der Waals surface area contributed by atoms with Crippen molar-refractivity contribution in [3.63, 3.8) is 0 Å². The van der Waals surface area contributed by atoms with Crippen LogP contribution in [0, 0.1) is 10.1 Å². The van der Waals surface area contributed by atoms with Gasteiger partial charge in [0, 0.05) is 22.3 Å². The van der Waals surface area contributed by atoms with Gasteiger partial charge in [0.15, 0.2) is 0 Å². The van der Waals surface area contributed by atoms with Crippen LogP contribution in [-0.2, 0) is 6.61 Å². The number of benzene rings is 1. The fraction of sp³-hybridized carbons (Fsp3) is 0.400. The largest absolute Gasteiger partial charge is 0.392 e. The van der Waals surface area contributed by atoms with E-state index in [0.717, 1.165) is 4.90 Å². The molecule has 1 rings (SSSR count). The van der Waals surface area contributed by atoms with Gasteiger partial charge >= 0.3 is 0 Å². The molecule has 15 heavy (non-hydrogen) atoms. The van der Waals surface area contributed by atoms with E-state index in [9.17, 15) is 10.1 Å². The van der Waals surface area contributed by atoms with Crippen molar-refractivity contribution in [1.82, 2.24) is 0 Å². The number of nitro benzene ring substituents is 1. The van der Waals surface area contributed by atoms with E-state index >= 15 is 0 Å². The van der Waals surface area contributed by atoms with Gasteiger partial charge in [0.1, 0.15) is 0 Å². The predicted octanol–water partition coefficient (Wildman–Crippen LogP) is 2.59.